The Bertz CT molecular complexity index is 749. The Morgan fingerprint density at radius 3 is 2.62 bits per heavy atom. The number of H-pyrrole nitrogens is 1. The van der Waals surface area contributed by atoms with E-state index in [4.69, 9.17) is 0 Å². The third-order valence-electron chi connectivity index (χ3n) is 3.08. The third-order valence-corrected chi connectivity index (χ3v) is 3.08. The van der Waals surface area contributed by atoms with E-state index >= 15 is 0 Å². The zero-order chi connectivity index (χ0) is 14.7. The first-order valence-electron chi connectivity index (χ1n) is 6.42. The molecule has 0 aliphatic rings. The van der Waals surface area contributed by atoms with Crippen molar-refractivity contribution in [2.75, 3.05) is 5.32 Å². The molecule has 3 N–H and O–H groups in total. The maximum atomic E-state index is 12.2. The molecule has 0 unspecified atom stereocenters. The number of aromatic hydroxyl groups is 1. The fourth-order valence-corrected chi connectivity index (χ4v) is 2.00. The Kier molecular flexibility index (Phi) is 3.39. The fraction of sp³-hybridized carbons (Fsp3) is 0. The van der Waals surface area contributed by atoms with Crippen molar-refractivity contribution in [3.8, 4) is 16.9 Å². The van der Waals surface area contributed by atoms with E-state index in [0.29, 0.717) is 11.3 Å². The highest BCUT2D eigenvalue weighted by Gasteiger charge is 2.08. The summed E-state index contributed by atoms with van der Waals surface area (Å²) in [5.74, 6) is -0.0408. The molecule has 3 aromatic rings. The maximum absolute atomic E-state index is 12.2. The van der Waals surface area contributed by atoms with Crippen LogP contribution in [-0.2, 0) is 0 Å². The lowest BCUT2D eigenvalue weighted by atomic mass is 10.1. The van der Waals surface area contributed by atoms with Gasteiger partial charge in [0.15, 0.2) is 0 Å². The Balaban J connectivity index is 1.81. The average molecular weight is 279 g/mol. The molecule has 5 nitrogen and oxygen atoms in total. The van der Waals surface area contributed by atoms with E-state index in [0.717, 1.165) is 11.1 Å². The van der Waals surface area contributed by atoms with E-state index in [1.54, 1.807) is 36.7 Å². The number of phenols is 1. The normalized spacial score (nSPS) is 10.3. The van der Waals surface area contributed by atoms with Crippen molar-refractivity contribution in [3.63, 3.8) is 0 Å². The van der Waals surface area contributed by atoms with Crippen LogP contribution in [0.2, 0.25) is 0 Å². The van der Waals surface area contributed by atoms with Crippen LogP contribution in [0.4, 0.5) is 5.69 Å². The molecule has 0 fully saturated rings. The van der Waals surface area contributed by atoms with Crippen molar-refractivity contribution in [2.24, 2.45) is 0 Å². The molecule has 0 radical (unpaired) electrons. The molecule has 104 valence electrons. The minimum Gasteiger partial charge on any atom is -0.508 e. The first kappa shape index (κ1) is 12.9. The zero-order valence-corrected chi connectivity index (χ0v) is 11.1. The second kappa shape index (κ2) is 5.50. The standard InChI is InChI=1S/C16H13N3O2/c20-15-6-4-14(5-7-15)19-16(21)12-3-1-2-11(8-12)13-9-17-18-10-13/h1-10,20H,(H,17,18)(H,19,21). The predicted octanol–water partition coefficient (Wildman–Crippen LogP) is 3.03. The SMILES string of the molecule is O=C(Nc1ccc(O)cc1)c1cccc(-c2cn[nH]c2)c1. The molecule has 2 aromatic carbocycles. The Morgan fingerprint density at radius 2 is 1.90 bits per heavy atom. The van der Waals surface area contributed by atoms with Crippen molar-refractivity contribution >= 4 is 11.6 Å². The largest absolute Gasteiger partial charge is 0.508 e. The van der Waals surface area contributed by atoms with Gasteiger partial charge >= 0.3 is 0 Å². The van der Waals surface area contributed by atoms with Crippen LogP contribution >= 0.6 is 0 Å². The molecule has 21 heavy (non-hydrogen) atoms. The molecule has 5 heteroatoms. The number of benzene rings is 2. The number of nitrogens with one attached hydrogen (secondary N) is 2. The number of carbonyl (C=O) groups is 1. The lowest BCUT2D eigenvalue weighted by Crippen LogP contribution is -2.11. The van der Waals surface area contributed by atoms with Crippen LogP contribution < -0.4 is 5.32 Å². The number of hydrogen-bond donors (Lipinski definition) is 3. The number of rotatable bonds is 3. The van der Waals surface area contributed by atoms with Gasteiger partial charge in [-0.15, -0.1) is 0 Å². The van der Waals surface area contributed by atoms with Gasteiger partial charge in [-0.3, -0.25) is 9.89 Å². The Labute approximate surface area is 121 Å². The number of phenolic OH excluding ortho intramolecular Hbond substituents is 1. The summed E-state index contributed by atoms with van der Waals surface area (Å²) >= 11 is 0. The quantitative estimate of drug-likeness (QED) is 0.645. The number of anilines is 1. The summed E-state index contributed by atoms with van der Waals surface area (Å²) in [5.41, 5.74) is 3.03. The number of aromatic amines is 1. The minimum absolute atomic E-state index is 0.162. The molecule has 1 aromatic heterocycles. The van der Waals surface area contributed by atoms with Crippen molar-refractivity contribution in [3.05, 3.63) is 66.5 Å². The zero-order valence-electron chi connectivity index (χ0n) is 11.1. The highest BCUT2D eigenvalue weighted by molar-refractivity contribution is 6.04. The first-order chi connectivity index (χ1) is 10.2. The van der Waals surface area contributed by atoms with E-state index in [9.17, 15) is 9.90 Å². The van der Waals surface area contributed by atoms with Gasteiger partial charge < -0.3 is 10.4 Å². The van der Waals surface area contributed by atoms with Gasteiger partial charge in [-0.25, -0.2) is 0 Å². The van der Waals surface area contributed by atoms with E-state index < -0.39 is 0 Å². The van der Waals surface area contributed by atoms with Crippen LogP contribution in [0.5, 0.6) is 5.75 Å². The maximum Gasteiger partial charge on any atom is 0.255 e. The topological polar surface area (TPSA) is 78.0 Å². The number of amides is 1. The van der Waals surface area contributed by atoms with Crippen molar-refractivity contribution in [2.45, 2.75) is 0 Å². The van der Waals surface area contributed by atoms with Crippen LogP contribution in [0.15, 0.2) is 60.9 Å². The predicted molar refractivity (Wildman–Crippen MR) is 80.1 cm³/mol. The molecule has 3 rings (SSSR count). The number of nitrogens with zero attached hydrogens (tertiary/aromatic N) is 1. The summed E-state index contributed by atoms with van der Waals surface area (Å²) in [4.78, 5) is 12.2. The molecule has 0 aliphatic heterocycles. The van der Waals surface area contributed by atoms with Gasteiger partial charge in [-0.2, -0.15) is 5.10 Å². The molecular weight excluding hydrogens is 266 g/mol. The highest BCUT2D eigenvalue weighted by atomic mass is 16.3. The second-order valence-electron chi connectivity index (χ2n) is 4.57. The monoisotopic (exact) mass is 279 g/mol. The average Bonchev–Trinajstić information content (AvgIpc) is 3.04. The van der Waals surface area contributed by atoms with Gasteiger partial charge in [0.1, 0.15) is 5.75 Å². The molecule has 1 amide bonds. The van der Waals surface area contributed by atoms with E-state index in [2.05, 4.69) is 15.5 Å². The molecule has 0 aliphatic carbocycles. The molecular formula is C16H13N3O2. The van der Waals surface area contributed by atoms with E-state index in [1.807, 2.05) is 12.1 Å². The second-order valence-corrected chi connectivity index (χ2v) is 4.57. The first-order valence-corrected chi connectivity index (χ1v) is 6.42. The van der Waals surface area contributed by atoms with Gasteiger partial charge in [0.25, 0.3) is 5.91 Å². The van der Waals surface area contributed by atoms with Gasteiger partial charge in [-0.05, 0) is 42.0 Å². The summed E-state index contributed by atoms with van der Waals surface area (Å²) in [6, 6.07) is 13.6. The number of hydrogen-bond acceptors (Lipinski definition) is 3. The van der Waals surface area contributed by atoms with E-state index in [1.165, 1.54) is 12.1 Å². The van der Waals surface area contributed by atoms with E-state index in [-0.39, 0.29) is 11.7 Å². The smallest absolute Gasteiger partial charge is 0.255 e. The molecule has 1 heterocycles. The molecule has 0 bridgehead atoms. The van der Waals surface area contributed by atoms with Crippen LogP contribution in [0, 0.1) is 0 Å². The molecule has 0 atom stereocenters. The summed E-state index contributed by atoms with van der Waals surface area (Å²) in [7, 11) is 0. The Hall–Kier alpha value is -3.08. The van der Waals surface area contributed by atoms with Crippen molar-refractivity contribution in [1.82, 2.24) is 10.2 Å². The Morgan fingerprint density at radius 1 is 1.10 bits per heavy atom. The third kappa shape index (κ3) is 2.92. The van der Waals surface area contributed by atoms with Gasteiger partial charge in [0.2, 0.25) is 0 Å². The van der Waals surface area contributed by atoms with Crippen LogP contribution in [0.3, 0.4) is 0 Å². The van der Waals surface area contributed by atoms with Gasteiger partial charge in [-0.1, -0.05) is 12.1 Å². The summed E-state index contributed by atoms with van der Waals surface area (Å²) in [6.07, 6.45) is 3.48. The molecule has 0 saturated heterocycles. The summed E-state index contributed by atoms with van der Waals surface area (Å²) < 4.78 is 0. The lowest BCUT2D eigenvalue weighted by Gasteiger charge is -2.06. The minimum atomic E-state index is -0.203. The summed E-state index contributed by atoms with van der Waals surface area (Å²) in [5, 5.41) is 18.7. The van der Waals surface area contributed by atoms with Crippen LogP contribution in [-0.4, -0.2) is 21.2 Å². The fourth-order valence-electron chi connectivity index (χ4n) is 2.00. The number of aromatic nitrogens is 2. The molecule has 0 saturated carbocycles. The van der Waals surface area contributed by atoms with Crippen LogP contribution in [0.1, 0.15) is 10.4 Å². The van der Waals surface area contributed by atoms with Crippen molar-refractivity contribution in [1.29, 1.82) is 0 Å². The lowest BCUT2D eigenvalue weighted by molar-refractivity contribution is 0.102. The van der Waals surface area contributed by atoms with Crippen molar-refractivity contribution < 1.29 is 9.90 Å². The highest BCUT2D eigenvalue weighted by Crippen LogP contribution is 2.20. The van der Waals surface area contributed by atoms with Crippen LogP contribution in [0.25, 0.3) is 11.1 Å². The number of carbonyl (C=O) groups excluding carboxylic acids is 1. The van der Waals surface area contributed by atoms with Gasteiger partial charge in [0.05, 0.1) is 6.20 Å². The summed E-state index contributed by atoms with van der Waals surface area (Å²) in [6.45, 7) is 0. The molecule has 0 spiro atoms. The van der Waals surface area contributed by atoms with Gasteiger partial charge in [0, 0.05) is 23.0 Å².